The summed E-state index contributed by atoms with van der Waals surface area (Å²) in [6.07, 6.45) is 0. The highest BCUT2D eigenvalue weighted by atomic mass is 35.5. The number of rotatable bonds is 7. The van der Waals surface area contributed by atoms with Gasteiger partial charge in [0.1, 0.15) is 0 Å². The minimum absolute atomic E-state index is 0.234. The summed E-state index contributed by atoms with van der Waals surface area (Å²) >= 11 is 5.98. The van der Waals surface area contributed by atoms with E-state index in [4.69, 9.17) is 16.7 Å². The van der Waals surface area contributed by atoms with Crippen LogP contribution in [0.3, 0.4) is 0 Å². The Morgan fingerprint density at radius 3 is 2.38 bits per heavy atom. The van der Waals surface area contributed by atoms with Crippen LogP contribution in [-0.2, 0) is 6.54 Å². The molecule has 0 aliphatic carbocycles. The lowest BCUT2D eigenvalue weighted by molar-refractivity contribution is 0.232. The third-order valence-corrected chi connectivity index (χ3v) is 4.41. The van der Waals surface area contributed by atoms with Crippen molar-refractivity contribution in [2.45, 2.75) is 34.2 Å². The maximum atomic E-state index is 5.98. The van der Waals surface area contributed by atoms with Gasteiger partial charge < -0.3 is 10.2 Å². The molecule has 0 unspecified atom stereocenters. The van der Waals surface area contributed by atoms with Crippen molar-refractivity contribution < 1.29 is 0 Å². The molecule has 1 aromatic carbocycles. The average molecular weight is 349 g/mol. The fourth-order valence-corrected chi connectivity index (χ4v) is 3.33. The SMILES string of the molecule is Cc1nn(-c2ccc(Cl)cc2)c(C)c1CNCC(C)(C)CN(C)C. The number of nitrogens with one attached hydrogen (secondary N) is 1. The molecule has 0 atom stereocenters. The first-order chi connectivity index (χ1) is 11.2. The topological polar surface area (TPSA) is 33.1 Å². The van der Waals surface area contributed by atoms with Crippen molar-refractivity contribution in [3.8, 4) is 5.69 Å². The van der Waals surface area contributed by atoms with Gasteiger partial charge in [0.2, 0.25) is 0 Å². The van der Waals surface area contributed by atoms with Gasteiger partial charge in [-0.25, -0.2) is 4.68 Å². The summed E-state index contributed by atoms with van der Waals surface area (Å²) < 4.78 is 1.99. The van der Waals surface area contributed by atoms with Crippen LogP contribution >= 0.6 is 11.6 Å². The summed E-state index contributed by atoms with van der Waals surface area (Å²) in [7, 11) is 4.23. The van der Waals surface area contributed by atoms with Gasteiger partial charge in [0.05, 0.1) is 11.4 Å². The molecule has 5 heteroatoms. The van der Waals surface area contributed by atoms with Gasteiger partial charge >= 0.3 is 0 Å². The quantitative estimate of drug-likeness (QED) is 0.825. The fourth-order valence-electron chi connectivity index (χ4n) is 3.20. The number of aryl methyl sites for hydroxylation is 1. The molecule has 0 saturated heterocycles. The fraction of sp³-hybridized carbons (Fsp3) is 0.526. The summed E-state index contributed by atoms with van der Waals surface area (Å²) in [4.78, 5) is 2.23. The van der Waals surface area contributed by atoms with Crippen molar-refractivity contribution in [3.63, 3.8) is 0 Å². The maximum Gasteiger partial charge on any atom is 0.0649 e. The predicted octanol–water partition coefficient (Wildman–Crippen LogP) is 3.82. The molecule has 0 radical (unpaired) electrons. The summed E-state index contributed by atoms with van der Waals surface area (Å²) in [5.41, 5.74) is 4.79. The number of aromatic nitrogens is 2. The van der Waals surface area contributed by atoms with Crippen LogP contribution in [-0.4, -0.2) is 41.9 Å². The zero-order chi connectivity index (χ0) is 17.9. The van der Waals surface area contributed by atoms with E-state index < -0.39 is 0 Å². The number of nitrogens with zero attached hydrogens (tertiary/aromatic N) is 3. The Labute approximate surface area is 150 Å². The zero-order valence-electron chi connectivity index (χ0n) is 15.7. The summed E-state index contributed by atoms with van der Waals surface area (Å²) in [5, 5.41) is 9.04. The molecule has 2 rings (SSSR count). The van der Waals surface area contributed by atoms with Gasteiger partial charge in [-0.15, -0.1) is 0 Å². The lowest BCUT2D eigenvalue weighted by Gasteiger charge is -2.28. The molecule has 0 amide bonds. The molecule has 0 bridgehead atoms. The van der Waals surface area contributed by atoms with Gasteiger partial charge in [-0.3, -0.25) is 0 Å². The predicted molar refractivity (Wildman–Crippen MR) is 102 cm³/mol. The molecule has 1 aromatic heterocycles. The van der Waals surface area contributed by atoms with Gasteiger partial charge in [-0.05, 0) is 57.6 Å². The van der Waals surface area contributed by atoms with E-state index in [1.54, 1.807) is 0 Å². The van der Waals surface area contributed by atoms with Gasteiger partial charge in [0.15, 0.2) is 0 Å². The maximum absolute atomic E-state index is 5.98. The minimum Gasteiger partial charge on any atom is -0.312 e. The Bertz CT molecular complexity index is 671. The first-order valence-electron chi connectivity index (χ1n) is 8.36. The molecule has 0 spiro atoms. The largest absolute Gasteiger partial charge is 0.312 e. The van der Waals surface area contributed by atoms with Crippen LogP contribution in [0.4, 0.5) is 0 Å². The highest BCUT2D eigenvalue weighted by Gasteiger charge is 2.19. The monoisotopic (exact) mass is 348 g/mol. The lowest BCUT2D eigenvalue weighted by atomic mass is 9.93. The Kier molecular flexibility index (Phi) is 6.07. The molecule has 0 aliphatic heterocycles. The van der Waals surface area contributed by atoms with Crippen LogP contribution in [0.15, 0.2) is 24.3 Å². The van der Waals surface area contributed by atoms with Crippen molar-refractivity contribution >= 4 is 11.6 Å². The van der Waals surface area contributed by atoms with Crippen LogP contribution < -0.4 is 5.32 Å². The van der Waals surface area contributed by atoms with E-state index in [-0.39, 0.29) is 5.41 Å². The Hall–Kier alpha value is -1.36. The first-order valence-corrected chi connectivity index (χ1v) is 8.74. The van der Waals surface area contributed by atoms with E-state index in [2.05, 4.69) is 52.0 Å². The summed E-state index contributed by atoms with van der Waals surface area (Å²) in [5.74, 6) is 0. The molecular weight excluding hydrogens is 320 g/mol. The van der Waals surface area contributed by atoms with Crippen molar-refractivity contribution in [1.82, 2.24) is 20.0 Å². The van der Waals surface area contributed by atoms with E-state index >= 15 is 0 Å². The molecule has 0 aliphatic rings. The second-order valence-corrected chi connectivity index (χ2v) is 7.98. The van der Waals surface area contributed by atoms with Gasteiger partial charge in [0, 0.05) is 35.9 Å². The zero-order valence-corrected chi connectivity index (χ0v) is 16.4. The van der Waals surface area contributed by atoms with E-state index in [1.165, 1.54) is 11.3 Å². The van der Waals surface area contributed by atoms with E-state index in [1.807, 2.05) is 28.9 Å². The van der Waals surface area contributed by atoms with Crippen molar-refractivity contribution in [2.24, 2.45) is 5.41 Å². The van der Waals surface area contributed by atoms with Crippen molar-refractivity contribution in [3.05, 3.63) is 46.2 Å². The Balaban J connectivity index is 2.08. The number of hydrogen-bond donors (Lipinski definition) is 1. The van der Waals surface area contributed by atoms with Crippen LogP contribution in [0, 0.1) is 19.3 Å². The minimum atomic E-state index is 0.234. The average Bonchev–Trinajstić information content (AvgIpc) is 2.74. The Morgan fingerprint density at radius 1 is 1.17 bits per heavy atom. The number of halogens is 1. The van der Waals surface area contributed by atoms with E-state index in [0.717, 1.165) is 36.0 Å². The third kappa shape index (κ3) is 4.82. The van der Waals surface area contributed by atoms with Crippen LogP contribution in [0.25, 0.3) is 5.69 Å². The molecule has 0 fully saturated rings. The number of benzene rings is 1. The second-order valence-electron chi connectivity index (χ2n) is 7.54. The summed E-state index contributed by atoms with van der Waals surface area (Å²) in [6.45, 7) is 11.6. The molecule has 2 aromatic rings. The highest BCUT2D eigenvalue weighted by molar-refractivity contribution is 6.30. The molecule has 1 N–H and O–H groups in total. The Morgan fingerprint density at radius 2 is 1.79 bits per heavy atom. The molecule has 24 heavy (non-hydrogen) atoms. The summed E-state index contributed by atoms with van der Waals surface area (Å²) in [6, 6.07) is 7.79. The highest BCUT2D eigenvalue weighted by Crippen LogP contribution is 2.20. The van der Waals surface area contributed by atoms with Gasteiger partial charge in [0.25, 0.3) is 0 Å². The molecule has 4 nitrogen and oxygen atoms in total. The van der Waals surface area contributed by atoms with Crippen LogP contribution in [0.5, 0.6) is 0 Å². The third-order valence-electron chi connectivity index (χ3n) is 4.16. The normalized spacial score (nSPS) is 12.2. The van der Waals surface area contributed by atoms with Gasteiger partial charge in [-0.2, -0.15) is 5.10 Å². The molecule has 0 saturated carbocycles. The standard InChI is InChI=1S/C19H29ClN4/c1-14-18(11-21-12-19(3,4)13-23(5)6)15(2)24(22-14)17-9-7-16(20)8-10-17/h7-10,21H,11-13H2,1-6H3. The molecular formula is C19H29ClN4. The van der Waals surface area contributed by atoms with Crippen LogP contribution in [0.2, 0.25) is 5.02 Å². The smallest absolute Gasteiger partial charge is 0.0649 e. The number of hydrogen-bond acceptors (Lipinski definition) is 3. The molecule has 132 valence electrons. The van der Waals surface area contributed by atoms with Gasteiger partial charge in [-0.1, -0.05) is 25.4 Å². The lowest BCUT2D eigenvalue weighted by Crippen LogP contribution is -2.37. The first kappa shape index (κ1) is 19.0. The molecule has 1 heterocycles. The van der Waals surface area contributed by atoms with Crippen molar-refractivity contribution in [1.29, 1.82) is 0 Å². The van der Waals surface area contributed by atoms with Crippen molar-refractivity contribution in [2.75, 3.05) is 27.2 Å². The second kappa shape index (κ2) is 7.68. The van der Waals surface area contributed by atoms with Crippen LogP contribution in [0.1, 0.15) is 30.8 Å². The van der Waals surface area contributed by atoms with E-state index in [9.17, 15) is 0 Å². The van der Waals surface area contributed by atoms with E-state index in [0.29, 0.717) is 0 Å².